The third-order valence-electron chi connectivity index (χ3n) is 4.18. The molecule has 0 radical (unpaired) electrons. The summed E-state index contributed by atoms with van der Waals surface area (Å²) >= 11 is 1.71. The molecule has 1 amide bonds. The van der Waals surface area contributed by atoms with Gasteiger partial charge in [-0.05, 0) is 25.0 Å². The number of pyridine rings is 1. The molecule has 4 nitrogen and oxygen atoms in total. The van der Waals surface area contributed by atoms with Crippen molar-refractivity contribution in [1.29, 1.82) is 0 Å². The first kappa shape index (κ1) is 13.9. The number of hydrogen-bond donors (Lipinski definition) is 0. The van der Waals surface area contributed by atoms with Crippen LogP contribution in [0.3, 0.4) is 0 Å². The molecule has 20 heavy (non-hydrogen) atoms. The number of carbonyl (C=O) groups excluding carboxylic acids is 1. The smallest absolute Gasteiger partial charge is 0.222 e. The Morgan fingerprint density at radius 3 is 3.10 bits per heavy atom. The molecule has 108 valence electrons. The van der Waals surface area contributed by atoms with Crippen LogP contribution in [-0.4, -0.2) is 47.8 Å². The Morgan fingerprint density at radius 1 is 1.40 bits per heavy atom. The van der Waals surface area contributed by atoms with Gasteiger partial charge in [-0.2, -0.15) is 0 Å². The van der Waals surface area contributed by atoms with E-state index in [1.807, 2.05) is 23.1 Å². The van der Waals surface area contributed by atoms with Gasteiger partial charge >= 0.3 is 0 Å². The minimum absolute atomic E-state index is 0.240. The normalized spacial score (nSPS) is 26.4. The van der Waals surface area contributed by atoms with E-state index in [2.05, 4.69) is 4.98 Å². The summed E-state index contributed by atoms with van der Waals surface area (Å²) in [5, 5.41) is 1.02. The number of ether oxygens (including phenoxy) is 1. The van der Waals surface area contributed by atoms with Crippen LogP contribution in [0, 0.1) is 5.41 Å². The van der Waals surface area contributed by atoms with E-state index in [0.29, 0.717) is 12.3 Å². The fourth-order valence-electron chi connectivity index (χ4n) is 2.97. The van der Waals surface area contributed by atoms with E-state index in [1.165, 1.54) is 0 Å². The van der Waals surface area contributed by atoms with Crippen LogP contribution >= 0.6 is 11.8 Å². The molecule has 1 aromatic rings. The number of thioether (sulfide) groups is 1. The van der Waals surface area contributed by atoms with Crippen molar-refractivity contribution in [3.8, 4) is 0 Å². The zero-order valence-corrected chi connectivity index (χ0v) is 12.4. The molecule has 0 saturated carbocycles. The lowest BCUT2D eigenvalue weighted by Crippen LogP contribution is -2.47. The van der Waals surface area contributed by atoms with E-state index in [1.54, 1.807) is 18.0 Å². The Bertz CT molecular complexity index is 460. The van der Waals surface area contributed by atoms with Crippen molar-refractivity contribution in [3.63, 3.8) is 0 Å². The Morgan fingerprint density at radius 2 is 2.35 bits per heavy atom. The summed E-state index contributed by atoms with van der Waals surface area (Å²) in [7, 11) is 0. The van der Waals surface area contributed by atoms with Crippen LogP contribution in [-0.2, 0) is 9.53 Å². The summed E-state index contributed by atoms with van der Waals surface area (Å²) in [6.07, 6.45) is 4.58. The predicted octanol–water partition coefficient (Wildman–Crippen LogP) is 2.20. The number of rotatable bonds is 4. The van der Waals surface area contributed by atoms with Gasteiger partial charge in [0.05, 0.1) is 11.6 Å². The number of nitrogens with zero attached hydrogens (tertiary/aromatic N) is 2. The van der Waals surface area contributed by atoms with Crippen LogP contribution in [0.5, 0.6) is 0 Å². The lowest BCUT2D eigenvalue weighted by molar-refractivity contribution is -0.137. The number of piperidine rings is 1. The van der Waals surface area contributed by atoms with E-state index in [4.69, 9.17) is 4.74 Å². The zero-order chi connectivity index (χ0) is 13.8. The lowest BCUT2D eigenvalue weighted by Gasteiger charge is -2.39. The van der Waals surface area contributed by atoms with E-state index in [-0.39, 0.29) is 5.41 Å². The number of hydrogen-bond acceptors (Lipinski definition) is 4. The molecule has 0 bridgehead atoms. The quantitative estimate of drug-likeness (QED) is 0.798. The average Bonchev–Trinajstić information content (AvgIpc) is 2.92. The fourth-order valence-corrected chi connectivity index (χ4v) is 3.80. The Hall–Kier alpha value is -1.07. The SMILES string of the molecule is O=C1CCC2(CCOC2)CN1CCSc1ccccn1. The van der Waals surface area contributed by atoms with Gasteiger partial charge in [-0.15, -0.1) is 11.8 Å². The zero-order valence-electron chi connectivity index (χ0n) is 11.6. The summed E-state index contributed by atoms with van der Waals surface area (Å²) in [6, 6.07) is 5.92. The maximum Gasteiger partial charge on any atom is 0.222 e. The Balaban J connectivity index is 1.52. The predicted molar refractivity (Wildman–Crippen MR) is 78.6 cm³/mol. The van der Waals surface area contributed by atoms with Gasteiger partial charge in [0.15, 0.2) is 0 Å². The van der Waals surface area contributed by atoms with Gasteiger partial charge in [0.1, 0.15) is 0 Å². The van der Waals surface area contributed by atoms with Crippen LogP contribution < -0.4 is 0 Å². The molecule has 3 heterocycles. The molecule has 0 aromatic carbocycles. The van der Waals surface area contributed by atoms with Crippen molar-refractivity contribution in [2.45, 2.75) is 24.3 Å². The van der Waals surface area contributed by atoms with Gasteiger partial charge in [-0.3, -0.25) is 4.79 Å². The Kier molecular flexibility index (Phi) is 4.27. The van der Waals surface area contributed by atoms with Crippen molar-refractivity contribution in [2.75, 3.05) is 32.1 Å². The monoisotopic (exact) mass is 292 g/mol. The van der Waals surface area contributed by atoms with Gasteiger partial charge in [0.2, 0.25) is 5.91 Å². The van der Waals surface area contributed by atoms with Crippen LogP contribution in [0.25, 0.3) is 0 Å². The highest BCUT2D eigenvalue weighted by Crippen LogP contribution is 2.38. The van der Waals surface area contributed by atoms with Crippen molar-refractivity contribution in [2.24, 2.45) is 5.41 Å². The van der Waals surface area contributed by atoms with Crippen LogP contribution in [0.2, 0.25) is 0 Å². The van der Waals surface area contributed by atoms with Gasteiger partial charge in [0, 0.05) is 43.5 Å². The second kappa shape index (κ2) is 6.14. The summed E-state index contributed by atoms with van der Waals surface area (Å²) in [5.74, 6) is 1.20. The summed E-state index contributed by atoms with van der Waals surface area (Å²) in [5.41, 5.74) is 0.240. The highest BCUT2D eigenvalue weighted by molar-refractivity contribution is 7.99. The van der Waals surface area contributed by atoms with E-state index in [0.717, 1.165) is 49.9 Å². The van der Waals surface area contributed by atoms with Crippen LogP contribution in [0.15, 0.2) is 29.4 Å². The highest BCUT2D eigenvalue weighted by Gasteiger charge is 2.41. The number of likely N-dealkylation sites (tertiary alicyclic amines) is 1. The van der Waals surface area contributed by atoms with Crippen molar-refractivity contribution in [3.05, 3.63) is 24.4 Å². The number of amides is 1. The molecular weight excluding hydrogens is 272 g/mol. The molecule has 3 rings (SSSR count). The first-order valence-electron chi connectivity index (χ1n) is 7.17. The standard InChI is InChI=1S/C15H20N2O2S/c18-14-4-5-15(6-9-19-12-15)11-17(14)8-10-20-13-3-1-2-7-16-13/h1-3,7H,4-6,8-12H2. The molecule has 1 unspecified atom stereocenters. The molecule has 5 heteroatoms. The minimum atomic E-state index is 0.240. The molecule has 2 aliphatic heterocycles. The third-order valence-corrected chi connectivity index (χ3v) is 5.11. The Labute approximate surface area is 123 Å². The van der Waals surface area contributed by atoms with Crippen molar-refractivity contribution < 1.29 is 9.53 Å². The van der Waals surface area contributed by atoms with Gasteiger partial charge in [0.25, 0.3) is 0 Å². The van der Waals surface area contributed by atoms with Crippen LogP contribution in [0.1, 0.15) is 19.3 Å². The molecule has 2 aliphatic rings. The first-order chi connectivity index (χ1) is 9.77. The van der Waals surface area contributed by atoms with E-state index < -0.39 is 0 Å². The maximum absolute atomic E-state index is 12.0. The molecular formula is C15H20N2O2S. The summed E-state index contributed by atoms with van der Waals surface area (Å²) in [4.78, 5) is 18.3. The molecule has 2 saturated heterocycles. The van der Waals surface area contributed by atoms with Crippen LogP contribution in [0.4, 0.5) is 0 Å². The number of aromatic nitrogens is 1. The maximum atomic E-state index is 12.0. The largest absolute Gasteiger partial charge is 0.381 e. The van der Waals surface area contributed by atoms with Crippen molar-refractivity contribution in [1.82, 2.24) is 9.88 Å². The molecule has 1 atom stereocenters. The second-order valence-electron chi connectivity index (χ2n) is 5.63. The molecule has 0 aliphatic carbocycles. The first-order valence-corrected chi connectivity index (χ1v) is 8.15. The van der Waals surface area contributed by atoms with E-state index in [9.17, 15) is 4.79 Å². The fraction of sp³-hybridized carbons (Fsp3) is 0.600. The summed E-state index contributed by atoms with van der Waals surface area (Å²) in [6.45, 7) is 3.35. The molecule has 0 N–H and O–H groups in total. The van der Waals surface area contributed by atoms with Gasteiger partial charge < -0.3 is 9.64 Å². The molecule has 1 spiro atoms. The molecule has 2 fully saturated rings. The average molecular weight is 292 g/mol. The van der Waals surface area contributed by atoms with Crippen molar-refractivity contribution >= 4 is 17.7 Å². The highest BCUT2D eigenvalue weighted by atomic mass is 32.2. The minimum Gasteiger partial charge on any atom is -0.381 e. The van der Waals surface area contributed by atoms with E-state index >= 15 is 0 Å². The second-order valence-corrected chi connectivity index (χ2v) is 6.75. The van der Waals surface area contributed by atoms with Gasteiger partial charge in [-0.25, -0.2) is 4.98 Å². The number of carbonyl (C=O) groups is 1. The topological polar surface area (TPSA) is 42.4 Å². The lowest BCUT2D eigenvalue weighted by atomic mass is 9.79. The third kappa shape index (κ3) is 3.15. The van der Waals surface area contributed by atoms with Gasteiger partial charge in [-0.1, -0.05) is 6.07 Å². The molecule has 1 aromatic heterocycles. The summed E-state index contributed by atoms with van der Waals surface area (Å²) < 4.78 is 5.54.